The van der Waals surface area contributed by atoms with Gasteiger partial charge < -0.3 is 10.1 Å². The second-order valence-corrected chi connectivity index (χ2v) is 4.87. The Bertz CT molecular complexity index is 259. The summed E-state index contributed by atoms with van der Waals surface area (Å²) in [5, 5.41) is 3.36. The maximum atomic E-state index is 11.6. The van der Waals surface area contributed by atoms with Gasteiger partial charge in [-0.25, -0.2) is 4.79 Å². The summed E-state index contributed by atoms with van der Waals surface area (Å²) in [6.45, 7) is 2.81. The number of carbonyl (C=O) groups excluding carboxylic acids is 1. The summed E-state index contributed by atoms with van der Waals surface area (Å²) in [6, 6.07) is 0.868. The molecule has 0 bridgehead atoms. The summed E-state index contributed by atoms with van der Waals surface area (Å²) in [5.74, 6) is 0.651. The number of rotatable bonds is 2. The molecule has 0 aromatic rings. The zero-order chi connectivity index (χ0) is 10.3. The van der Waals surface area contributed by atoms with Crippen LogP contribution in [0.5, 0.6) is 0 Å². The highest BCUT2D eigenvalue weighted by Gasteiger charge is 2.45. The summed E-state index contributed by atoms with van der Waals surface area (Å²) in [4.78, 5) is 13.6. The lowest BCUT2D eigenvalue weighted by molar-refractivity contribution is 0.151. The summed E-state index contributed by atoms with van der Waals surface area (Å²) in [5.41, 5.74) is 0. The molecule has 1 unspecified atom stereocenters. The van der Waals surface area contributed by atoms with E-state index in [1.807, 2.05) is 4.90 Å². The van der Waals surface area contributed by atoms with Crippen molar-refractivity contribution in [2.24, 2.45) is 5.92 Å². The lowest BCUT2D eigenvalue weighted by Crippen LogP contribution is -2.44. The fraction of sp³-hybridized carbons (Fsp3) is 0.909. The van der Waals surface area contributed by atoms with Crippen molar-refractivity contribution in [3.63, 3.8) is 0 Å². The molecule has 84 valence electrons. The van der Waals surface area contributed by atoms with Crippen LogP contribution in [0, 0.1) is 5.92 Å². The topological polar surface area (TPSA) is 41.6 Å². The van der Waals surface area contributed by atoms with Gasteiger partial charge in [-0.3, -0.25) is 4.90 Å². The zero-order valence-corrected chi connectivity index (χ0v) is 8.95. The Labute approximate surface area is 90.0 Å². The van der Waals surface area contributed by atoms with Gasteiger partial charge in [0, 0.05) is 6.04 Å². The number of nitrogens with zero attached hydrogens (tertiary/aromatic N) is 1. The smallest absolute Gasteiger partial charge is 0.410 e. The van der Waals surface area contributed by atoms with Crippen LogP contribution in [-0.2, 0) is 4.74 Å². The molecule has 3 aliphatic rings. The quantitative estimate of drug-likeness (QED) is 0.738. The van der Waals surface area contributed by atoms with Gasteiger partial charge in [0.2, 0.25) is 0 Å². The predicted molar refractivity (Wildman–Crippen MR) is 55.6 cm³/mol. The van der Waals surface area contributed by atoms with Crippen molar-refractivity contribution in [1.29, 1.82) is 0 Å². The van der Waals surface area contributed by atoms with Crippen LogP contribution in [0.1, 0.15) is 25.7 Å². The lowest BCUT2D eigenvalue weighted by Gasteiger charge is -2.31. The third-order valence-electron chi connectivity index (χ3n) is 3.81. The Hall–Kier alpha value is -0.770. The molecule has 1 aliphatic carbocycles. The first kappa shape index (κ1) is 9.46. The Morgan fingerprint density at radius 3 is 2.60 bits per heavy atom. The van der Waals surface area contributed by atoms with Gasteiger partial charge in [-0.1, -0.05) is 0 Å². The van der Waals surface area contributed by atoms with E-state index in [0.717, 1.165) is 13.1 Å². The first-order valence-corrected chi connectivity index (χ1v) is 6.02. The van der Waals surface area contributed by atoms with E-state index in [1.165, 1.54) is 25.7 Å². The molecule has 0 spiro atoms. The summed E-state index contributed by atoms with van der Waals surface area (Å²) < 4.78 is 5.20. The van der Waals surface area contributed by atoms with Gasteiger partial charge in [0.15, 0.2) is 0 Å². The van der Waals surface area contributed by atoms with Crippen LogP contribution >= 0.6 is 0 Å². The standard InChI is InChI=1S/C11H18N2O2/c14-11-13(9-1-2-9)10(7-15-11)8-3-5-12-6-4-8/h8-10,12H,1-7H2. The van der Waals surface area contributed by atoms with Crippen molar-refractivity contribution in [3.05, 3.63) is 0 Å². The SMILES string of the molecule is O=C1OCC(C2CCNCC2)N1C1CC1. The molecule has 0 radical (unpaired) electrons. The van der Waals surface area contributed by atoms with E-state index in [1.54, 1.807) is 0 Å². The Morgan fingerprint density at radius 1 is 1.20 bits per heavy atom. The molecule has 2 saturated heterocycles. The van der Waals surface area contributed by atoms with Crippen LogP contribution in [-0.4, -0.2) is 42.8 Å². The molecule has 1 N–H and O–H groups in total. The minimum absolute atomic E-state index is 0.0685. The Morgan fingerprint density at radius 2 is 1.93 bits per heavy atom. The van der Waals surface area contributed by atoms with Crippen molar-refractivity contribution in [1.82, 2.24) is 10.2 Å². The Balaban J connectivity index is 1.70. The highest BCUT2D eigenvalue weighted by molar-refractivity contribution is 5.71. The molecule has 4 heteroatoms. The number of ether oxygens (including phenoxy) is 1. The highest BCUT2D eigenvalue weighted by atomic mass is 16.6. The van der Waals surface area contributed by atoms with E-state index >= 15 is 0 Å². The number of cyclic esters (lactones) is 1. The summed E-state index contributed by atoms with van der Waals surface area (Å²) in [7, 11) is 0. The van der Waals surface area contributed by atoms with E-state index in [2.05, 4.69) is 5.32 Å². The number of piperidine rings is 1. The number of carbonyl (C=O) groups is 1. The predicted octanol–water partition coefficient (Wildman–Crippen LogP) is 0.969. The molecule has 0 aromatic heterocycles. The van der Waals surface area contributed by atoms with Crippen LogP contribution in [0.3, 0.4) is 0 Å². The number of hydrogen-bond acceptors (Lipinski definition) is 3. The monoisotopic (exact) mass is 210 g/mol. The zero-order valence-electron chi connectivity index (χ0n) is 8.95. The van der Waals surface area contributed by atoms with Crippen LogP contribution in [0.2, 0.25) is 0 Å². The fourth-order valence-corrected chi connectivity index (χ4v) is 2.81. The minimum atomic E-state index is -0.0685. The van der Waals surface area contributed by atoms with Gasteiger partial charge in [0.25, 0.3) is 0 Å². The molecule has 3 fully saturated rings. The van der Waals surface area contributed by atoms with Gasteiger partial charge in [0.05, 0.1) is 6.04 Å². The number of amides is 1. The number of hydrogen-bond donors (Lipinski definition) is 1. The lowest BCUT2D eigenvalue weighted by atomic mass is 9.90. The maximum Gasteiger partial charge on any atom is 0.410 e. The van der Waals surface area contributed by atoms with Crippen LogP contribution in [0.25, 0.3) is 0 Å². The average Bonchev–Trinajstić information content (AvgIpc) is 3.03. The van der Waals surface area contributed by atoms with Gasteiger partial charge in [-0.2, -0.15) is 0 Å². The first-order chi connectivity index (χ1) is 7.36. The second-order valence-electron chi connectivity index (χ2n) is 4.87. The van der Waals surface area contributed by atoms with Gasteiger partial charge in [-0.05, 0) is 44.7 Å². The molecule has 15 heavy (non-hydrogen) atoms. The number of nitrogens with one attached hydrogen (secondary N) is 1. The maximum absolute atomic E-state index is 11.6. The Kier molecular flexibility index (Phi) is 2.31. The molecule has 2 aliphatic heterocycles. The molecule has 1 amide bonds. The third-order valence-corrected chi connectivity index (χ3v) is 3.81. The van der Waals surface area contributed by atoms with E-state index in [0.29, 0.717) is 24.6 Å². The first-order valence-electron chi connectivity index (χ1n) is 6.02. The molecule has 1 saturated carbocycles. The van der Waals surface area contributed by atoms with Crippen molar-refractivity contribution >= 4 is 6.09 Å². The molecule has 4 nitrogen and oxygen atoms in total. The average molecular weight is 210 g/mol. The van der Waals surface area contributed by atoms with E-state index in [-0.39, 0.29) is 6.09 Å². The minimum Gasteiger partial charge on any atom is -0.447 e. The van der Waals surface area contributed by atoms with Gasteiger partial charge in [0.1, 0.15) is 6.61 Å². The third kappa shape index (κ3) is 1.71. The normalized spacial score (nSPS) is 33.2. The molecular formula is C11H18N2O2. The molecule has 2 heterocycles. The summed E-state index contributed by atoms with van der Waals surface area (Å²) in [6.07, 6.45) is 4.66. The van der Waals surface area contributed by atoms with Crippen LogP contribution in [0.4, 0.5) is 4.79 Å². The van der Waals surface area contributed by atoms with Crippen LogP contribution in [0.15, 0.2) is 0 Å². The van der Waals surface area contributed by atoms with Crippen molar-refractivity contribution in [2.45, 2.75) is 37.8 Å². The van der Waals surface area contributed by atoms with Crippen molar-refractivity contribution in [2.75, 3.05) is 19.7 Å². The van der Waals surface area contributed by atoms with Gasteiger partial charge >= 0.3 is 6.09 Å². The highest BCUT2D eigenvalue weighted by Crippen LogP contribution is 2.36. The largest absolute Gasteiger partial charge is 0.447 e. The van der Waals surface area contributed by atoms with Crippen LogP contribution < -0.4 is 5.32 Å². The molecular weight excluding hydrogens is 192 g/mol. The fourth-order valence-electron chi connectivity index (χ4n) is 2.81. The van der Waals surface area contributed by atoms with Crippen molar-refractivity contribution in [3.8, 4) is 0 Å². The van der Waals surface area contributed by atoms with E-state index < -0.39 is 0 Å². The molecule has 1 atom stereocenters. The molecule has 3 rings (SSSR count). The van der Waals surface area contributed by atoms with E-state index in [4.69, 9.17) is 4.74 Å². The van der Waals surface area contributed by atoms with E-state index in [9.17, 15) is 4.79 Å². The van der Waals surface area contributed by atoms with Gasteiger partial charge in [-0.15, -0.1) is 0 Å². The second kappa shape index (κ2) is 3.67. The molecule has 0 aromatic carbocycles. The van der Waals surface area contributed by atoms with Crippen molar-refractivity contribution < 1.29 is 9.53 Å². The summed E-state index contributed by atoms with van der Waals surface area (Å²) >= 11 is 0.